The third-order valence-electron chi connectivity index (χ3n) is 4.13. The number of carbonyl (C=O) groups is 3. The standard InChI is InChI=1S/C17H12N4O8/c1-29-14-5-2-9(6-13(14)21(27)28)18-15(22)8-19-16(23)11-4-3-10(20(25)26)7-12(11)17(19)24/h2-7H,8H2,1H3,(H,18,22). The normalized spacial score (nSPS) is 12.5. The molecular weight excluding hydrogens is 388 g/mol. The minimum atomic E-state index is -0.843. The fraction of sp³-hybridized carbons (Fsp3) is 0.118. The minimum absolute atomic E-state index is 0.00468. The van der Waals surface area contributed by atoms with Gasteiger partial charge in [-0.15, -0.1) is 0 Å². The molecule has 1 heterocycles. The van der Waals surface area contributed by atoms with E-state index in [0.717, 1.165) is 24.3 Å². The molecule has 0 spiro atoms. The van der Waals surface area contributed by atoms with E-state index in [1.54, 1.807) is 0 Å². The summed E-state index contributed by atoms with van der Waals surface area (Å²) in [6.07, 6.45) is 0. The molecule has 0 aliphatic carbocycles. The highest BCUT2D eigenvalue weighted by Crippen LogP contribution is 2.30. The van der Waals surface area contributed by atoms with Gasteiger partial charge in [0.05, 0.1) is 28.1 Å². The number of benzene rings is 2. The van der Waals surface area contributed by atoms with E-state index in [-0.39, 0.29) is 33.9 Å². The lowest BCUT2D eigenvalue weighted by atomic mass is 10.1. The van der Waals surface area contributed by atoms with Crippen LogP contribution in [0.5, 0.6) is 5.75 Å². The van der Waals surface area contributed by atoms with Crippen LogP contribution in [-0.4, -0.2) is 46.1 Å². The van der Waals surface area contributed by atoms with E-state index in [4.69, 9.17) is 4.74 Å². The number of amides is 3. The molecule has 0 saturated heterocycles. The predicted molar refractivity (Wildman–Crippen MR) is 96.7 cm³/mol. The number of nitro benzene ring substituents is 2. The van der Waals surface area contributed by atoms with Crippen molar-refractivity contribution in [3.8, 4) is 5.75 Å². The highest BCUT2D eigenvalue weighted by molar-refractivity contribution is 6.23. The quantitative estimate of drug-likeness (QED) is 0.435. The molecule has 1 aliphatic rings. The van der Waals surface area contributed by atoms with Gasteiger partial charge in [-0.3, -0.25) is 39.5 Å². The van der Waals surface area contributed by atoms with Crippen molar-refractivity contribution in [2.45, 2.75) is 0 Å². The van der Waals surface area contributed by atoms with Gasteiger partial charge in [-0.25, -0.2) is 0 Å². The Kier molecular flexibility index (Phi) is 4.92. The molecular formula is C17H12N4O8. The topological polar surface area (TPSA) is 162 Å². The highest BCUT2D eigenvalue weighted by atomic mass is 16.6. The van der Waals surface area contributed by atoms with Crippen molar-refractivity contribution in [2.75, 3.05) is 19.0 Å². The number of ether oxygens (including phenoxy) is 1. The van der Waals surface area contributed by atoms with Crippen LogP contribution >= 0.6 is 0 Å². The lowest BCUT2D eigenvalue weighted by Gasteiger charge is -2.13. The number of methoxy groups -OCH3 is 1. The number of nitrogens with one attached hydrogen (secondary N) is 1. The second-order valence-electron chi connectivity index (χ2n) is 5.88. The predicted octanol–water partition coefficient (Wildman–Crippen LogP) is 1.75. The lowest BCUT2D eigenvalue weighted by Crippen LogP contribution is -2.37. The van der Waals surface area contributed by atoms with Gasteiger partial charge in [0.1, 0.15) is 6.54 Å². The molecule has 12 nitrogen and oxygen atoms in total. The van der Waals surface area contributed by atoms with Gasteiger partial charge < -0.3 is 10.1 Å². The van der Waals surface area contributed by atoms with Gasteiger partial charge in [0.2, 0.25) is 5.91 Å². The van der Waals surface area contributed by atoms with Crippen LogP contribution in [0.3, 0.4) is 0 Å². The van der Waals surface area contributed by atoms with Crippen LogP contribution in [-0.2, 0) is 4.79 Å². The van der Waals surface area contributed by atoms with E-state index in [1.807, 2.05) is 0 Å². The van der Waals surface area contributed by atoms with Crippen molar-refractivity contribution in [1.29, 1.82) is 0 Å². The van der Waals surface area contributed by atoms with Crippen molar-refractivity contribution in [2.24, 2.45) is 0 Å². The van der Waals surface area contributed by atoms with Crippen LogP contribution < -0.4 is 10.1 Å². The largest absolute Gasteiger partial charge is 0.490 e. The van der Waals surface area contributed by atoms with Crippen molar-refractivity contribution in [3.63, 3.8) is 0 Å². The second-order valence-corrected chi connectivity index (χ2v) is 5.88. The third kappa shape index (κ3) is 3.58. The number of non-ortho nitro benzene ring substituents is 1. The lowest BCUT2D eigenvalue weighted by molar-refractivity contribution is -0.385. The number of nitrogens with zero attached hydrogens (tertiary/aromatic N) is 3. The van der Waals surface area contributed by atoms with Crippen LogP contribution in [0.1, 0.15) is 20.7 Å². The molecule has 0 radical (unpaired) electrons. The first-order valence-electron chi connectivity index (χ1n) is 8.00. The zero-order chi connectivity index (χ0) is 21.3. The molecule has 0 bridgehead atoms. The number of hydrogen-bond donors (Lipinski definition) is 1. The molecule has 148 valence electrons. The monoisotopic (exact) mass is 400 g/mol. The molecule has 0 saturated carbocycles. The molecule has 2 aromatic rings. The number of carbonyl (C=O) groups excluding carboxylic acids is 3. The Morgan fingerprint density at radius 2 is 1.72 bits per heavy atom. The SMILES string of the molecule is COc1ccc(NC(=O)CN2C(=O)c3ccc([N+](=O)[O-])cc3C2=O)cc1[N+](=O)[O-]. The van der Waals surface area contributed by atoms with Crippen molar-refractivity contribution in [1.82, 2.24) is 4.90 Å². The molecule has 2 aromatic carbocycles. The van der Waals surface area contributed by atoms with Crippen LogP contribution in [0.15, 0.2) is 36.4 Å². The fourth-order valence-corrected chi connectivity index (χ4v) is 2.79. The molecule has 0 aromatic heterocycles. The Balaban J connectivity index is 1.77. The van der Waals surface area contributed by atoms with Crippen molar-refractivity contribution < 1.29 is 29.0 Å². The Hall–Kier alpha value is -4.35. The summed E-state index contributed by atoms with van der Waals surface area (Å²) in [5.74, 6) is -2.40. The molecule has 1 aliphatic heterocycles. The molecule has 0 fully saturated rings. The summed E-state index contributed by atoms with van der Waals surface area (Å²) >= 11 is 0. The molecule has 0 unspecified atom stereocenters. The summed E-state index contributed by atoms with van der Waals surface area (Å²) in [5, 5.41) is 24.3. The molecule has 3 amide bonds. The molecule has 0 atom stereocenters. The van der Waals surface area contributed by atoms with Crippen LogP contribution in [0.4, 0.5) is 17.1 Å². The van der Waals surface area contributed by atoms with E-state index >= 15 is 0 Å². The molecule has 12 heteroatoms. The number of anilines is 1. The van der Waals surface area contributed by atoms with Gasteiger partial charge in [-0.2, -0.15) is 0 Å². The maximum absolute atomic E-state index is 12.4. The summed E-state index contributed by atoms with van der Waals surface area (Å²) in [6.45, 7) is -0.667. The summed E-state index contributed by atoms with van der Waals surface area (Å²) < 4.78 is 4.86. The number of imide groups is 1. The van der Waals surface area contributed by atoms with E-state index < -0.39 is 34.1 Å². The zero-order valence-electron chi connectivity index (χ0n) is 14.8. The summed E-state index contributed by atoms with van der Waals surface area (Å²) in [6, 6.07) is 6.93. The first-order valence-corrected chi connectivity index (χ1v) is 8.00. The van der Waals surface area contributed by atoms with Crippen LogP contribution in [0, 0.1) is 20.2 Å². The van der Waals surface area contributed by atoms with Crippen LogP contribution in [0.2, 0.25) is 0 Å². The smallest absolute Gasteiger partial charge is 0.312 e. The average molecular weight is 400 g/mol. The third-order valence-corrected chi connectivity index (χ3v) is 4.13. The van der Waals surface area contributed by atoms with Gasteiger partial charge in [0, 0.05) is 23.9 Å². The Bertz CT molecular complexity index is 1080. The van der Waals surface area contributed by atoms with Gasteiger partial charge in [-0.05, 0) is 18.2 Å². The Labute approximate surface area is 162 Å². The number of hydrogen-bond acceptors (Lipinski definition) is 8. The maximum atomic E-state index is 12.4. The summed E-state index contributed by atoms with van der Waals surface area (Å²) in [4.78, 5) is 58.1. The van der Waals surface area contributed by atoms with Gasteiger partial charge in [0.15, 0.2) is 5.75 Å². The number of rotatable bonds is 6. The van der Waals surface area contributed by atoms with Gasteiger partial charge in [-0.1, -0.05) is 0 Å². The minimum Gasteiger partial charge on any atom is -0.490 e. The van der Waals surface area contributed by atoms with E-state index in [1.165, 1.54) is 19.2 Å². The molecule has 29 heavy (non-hydrogen) atoms. The van der Waals surface area contributed by atoms with E-state index in [0.29, 0.717) is 4.90 Å². The molecule has 3 rings (SSSR count). The summed E-state index contributed by atoms with van der Waals surface area (Å²) in [7, 11) is 1.26. The Morgan fingerprint density at radius 1 is 1.03 bits per heavy atom. The van der Waals surface area contributed by atoms with Crippen molar-refractivity contribution in [3.05, 3.63) is 67.8 Å². The number of fused-ring (bicyclic) bond motifs is 1. The van der Waals surface area contributed by atoms with Crippen molar-refractivity contribution >= 4 is 34.8 Å². The van der Waals surface area contributed by atoms with E-state index in [2.05, 4.69) is 5.32 Å². The first-order chi connectivity index (χ1) is 13.7. The highest BCUT2D eigenvalue weighted by Gasteiger charge is 2.37. The maximum Gasteiger partial charge on any atom is 0.312 e. The first kappa shape index (κ1) is 19.4. The number of nitro groups is 2. The molecule has 1 N–H and O–H groups in total. The average Bonchev–Trinajstić information content (AvgIpc) is 2.92. The van der Waals surface area contributed by atoms with E-state index in [9.17, 15) is 34.6 Å². The second kappa shape index (κ2) is 7.34. The summed E-state index contributed by atoms with van der Waals surface area (Å²) in [5.41, 5.74) is -0.889. The fourth-order valence-electron chi connectivity index (χ4n) is 2.79. The van der Waals surface area contributed by atoms with Gasteiger partial charge in [0.25, 0.3) is 17.5 Å². The Morgan fingerprint density at radius 3 is 2.34 bits per heavy atom. The zero-order valence-corrected chi connectivity index (χ0v) is 14.8. The van der Waals surface area contributed by atoms with Gasteiger partial charge >= 0.3 is 5.69 Å². The van der Waals surface area contributed by atoms with Crippen LogP contribution in [0.25, 0.3) is 0 Å².